The average Bonchev–Trinajstić information content (AvgIpc) is 3.46. The summed E-state index contributed by atoms with van der Waals surface area (Å²) in [5.41, 5.74) is 4.19. The lowest BCUT2D eigenvalue weighted by Crippen LogP contribution is -2.55. The van der Waals surface area contributed by atoms with Crippen LogP contribution < -0.4 is 5.32 Å². The highest BCUT2D eigenvalue weighted by molar-refractivity contribution is 5.87. The van der Waals surface area contributed by atoms with E-state index in [9.17, 15) is 15.0 Å². The summed E-state index contributed by atoms with van der Waals surface area (Å²) < 4.78 is 4.95. The van der Waals surface area contributed by atoms with Crippen LogP contribution >= 0.6 is 0 Å². The number of likely N-dealkylation sites (tertiary alicyclic amines) is 1. The zero-order valence-electron chi connectivity index (χ0n) is 22.3. The van der Waals surface area contributed by atoms with E-state index in [1.54, 1.807) is 12.5 Å². The second kappa shape index (κ2) is 9.86. The molecular weight excluding hydrogens is 492 g/mol. The number of hydrogen-bond donors (Lipinski definition) is 3. The fraction of sp³-hybridized carbons (Fsp3) is 0.387. The van der Waals surface area contributed by atoms with E-state index >= 15 is 0 Å². The van der Waals surface area contributed by atoms with Crippen LogP contribution in [0.1, 0.15) is 55.7 Å². The zero-order valence-corrected chi connectivity index (χ0v) is 22.3. The number of amides is 1. The first-order valence-electron chi connectivity index (χ1n) is 13.5. The number of rotatable bonds is 5. The minimum atomic E-state index is -1.00. The van der Waals surface area contributed by atoms with Gasteiger partial charge in [0.05, 0.1) is 17.0 Å². The number of nitrogens with one attached hydrogen (secondary N) is 1. The Bertz CT molecular complexity index is 1480. The number of carbonyl (C=O) groups excluding carboxylic acids is 1. The van der Waals surface area contributed by atoms with Crippen LogP contribution in [0.25, 0.3) is 22.2 Å². The van der Waals surface area contributed by atoms with Crippen LogP contribution in [0, 0.1) is 5.41 Å². The smallest absolute Gasteiger partial charge is 0.229 e. The van der Waals surface area contributed by atoms with Gasteiger partial charge in [-0.05, 0) is 54.2 Å². The summed E-state index contributed by atoms with van der Waals surface area (Å²) in [4.78, 5) is 19.5. The number of benzene rings is 2. The van der Waals surface area contributed by atoms with E-state index in [4.69, 9.17) is 4.52 Å². The molecule has 8 heteroatoms. The van der Waals surface area contributed by atoms with E-state index < -0.39 is 17.2 Å². The van der Waals surface area contributed by atoms with Gasteiger partial charge in [-0.15, -0.1) is 0 Å². The maximum absolute atomic E-state index is 12.5. The van der Waals surface area contributed by atoms with Gasteiger partial charge in [0.1, 0.15) is 18.2 Å². The van der Waals surface area contributed by atoms with Crippen LogP contribution in [-0.4, -0.2) is 50.5 Å². The second-order valence-corrected chi connectivity index (χ2v) is 11.6. The number of fused-ring (bicyclic) bond motifs is 1. The standard InChI is InChI=1S/C31H34N4O4/c1-30(2)19-35(18-20-3-5-21(6-4-20)27-11-14-39-34-27)13-12-31(30,38)24-7-9-26-22(16-24)15-23(17-32-26)25-8-10-28(36)33-29(25)37/h3-7,9,11,14-17,25,28,36,38H,8,10,12-13,18-19H2,1-2H3,(H,33,37)/t25?,28?,31-/m1/s1. The zero-order chi connectivity index (χ0) is 27.2. The lowest BCUT2D eigenvalue weighted by atomic mass is 9.66. The van der Waals surface area contributed by atoms with E-state index in [1.807, 2.05) is 30.3 Å². The Morgan fingerprint density at radius 1 is 1.10 bits per heavy atom. The van der Waals surface area contributed by atoms with Gasteiger partial charge in [0, 0.05) is 48.3 Å². The Morgan fingerprint density at radius 3 is 2.64 bits per heavy atom. The second-order valence-electron chi connectivity index (χ2n) is 11.6. The normalized spacial score (nSPS) is 25.5. The molecule has 2 fully saturated rings. The Kier molecular flexibility index (Phi) is 6.49. The molecule has 0 aliphatic carbocycles. The third-order valence-corrected chi connectivity index (χ3v) is 8.56. The third-order valence-electron chi connectivity index (χ3n) is 8.56. The highest BCUT2D eigenvalue weighted by Gasteiger charge is 2.48. The van der Waals surface area contributed by atoms with Crippen molar-refractivity contribution in [1.82, 2.24) is 20.4 Å². The molecule has 8 nitrogen and oxygen atoms in total. The molecule has 2 aromatic heterocycles. The van der Waals surface area contributed by atoms with E-state index in [-0.39, 0.29) is 11.8 Å². The predicted octanol–water partition coefficient (Wildman–Crippen LogP) is 4.32. The SMILES string of the molecule is CC1(C)CN(Cc2ccc(-c3ccon3)cc2)CC[C@@]1(O)c1ccc2ncc(C3CCC(O)NC3=O)cc2c1. The van der Waals surface area contributed by atoms with Gasteiger partial charge >= 0.3 is 0 Å². The highest BCUT2D eigenvalue weighted by Crippen LogP contribution is 2.47. The van der Waals surface area contributed by atoms with Crippen molar-refractivity contribution in [2.24, 2.45) is 5.41 Å². The molecule has 4 aromatic rings. The molecule has 3 N–H and O–H groups in total. The minimum absolute atomic E-state index is 0.175. The van der Waals surface area contributed by atoms with Gasteiger partial charge in [0.25, 0.3) is 0 Å². The van der Waals surface area contributed by atoms with Gasteiger partial charge in [0.15, 0.2) is 0 Å². The molecule has 2 aliphatic rings. The number of aromatic nitrogens is 2. The molecule has 39 heavy (non-hydrogen) atoms. The van der Waals surface area contributed by atoms with Crippen molar-refractivity contribution in [2.75, 3.05) is 13.1 Å². The molecule has 202 valence electrons. The number of pyridine rings is 1. The summed E-state index contributed by atoms with van der Waals surface area (Å²) in [6.07, 6.45) is 4.25. The molecule has 6 rings (SSSR count). The molecule has 4 heterocycles. The first-order valence-corrected chi connectivity index (χ1v) is 13.5. The van der Waals surface area contributed by atoms with Crippen molar-refractivity contribution >= 4 is 16.8 Å². The molecule has 0 spiro atoms. The fourth-order valence-electron chi connectivity index (χ4n) is 6.20. The van der Waals surface area contributed by atoms with Gasteiger partial charge in [-0.2, -0.15) is 0 Å². The molecular formula is C31H34N4O4. The van der Waals surface area contributed by atoms with Crippen molar-refractivity contribution in [3.63, 3.8) is 0 Å². The molecule has 0 radical (unpaired) electrons. The molecule has 2 aromatic carbocycles. The van der Waals surface area contributed by atoms with Crippen LogP contribution in [0.4, 0.5) is 0 Å². The van der Waals surface area contributed by atoms with E-state index in [2.05, 4.69) is 58.5 Å². The summed E-state index contributed by atoms with van der Waals surface area (Å²) in [5, 5.41) is 29.4. The van der Waals surface area contributed by atoms with Crippen LogP contribution in [0.2, 0.25) is 0 Å². The van der Waals surface area contributed by atoms with Gasteiger partial charge in [0.2, 0.25) is 5.91 Å². The molecule has 2 saturated heterocycles. The lowest BCUT2D eigenvalue weighted by Gasteiger charge is -2.50. The summed E-state index contributed by atoms with van der Waals surface area (Å²) in [5.74, 6) is -0.507. The van der Waals surface area contributed by atoms with Gasteiger partial charge < -0.3 is 20.1 Å². The number of aliphatic hydroxyl groups excluding tert-OH is 1. The predicted molar refractivity (Wildman–Crippen MR) is 147 cm³/mol. The van der Waals surface area contributed by atoms with Crippen molar-refractivity contribution in [3.05, 3.63) is 83.7 Å². The third kappa shape index (κ3) is 4.84. The summed E-state index contributed by atoms with van der Waals surface area (Å²) in [7, 11) is 0. The molecule has 1 amide bonds. The number of nitrogens with zero attached hydrogens (tertiary/aromatic N) is 3. The fourth-order valence-corrected chi connectivity index (χ4v) is 6.20. The highest BCUT2D eigenvalue weighted by atomic mass is 16.5. The van der Waals surface area contributed by atoms with E-state index in [1.165, 1.54) is 5.56 Å². The van der Waals surface area contributed by atoms with Gasteiger partial charge in [-0.3, -0.25) is 14.7 Å². The van der Waals surface area contributed by atoms with E-state index in [0.29, 0.717) is 19.3 Å². The minimum Gasteiger partial charge on any atom is -0.385 e. The van der Waals surface area contributed by atoms with Crippen LogP contribution in [0.15, 0.2) is 71.6 Å². The topological polar surface area (TPSA) is 112 Å². The Morgan fingerprint density at radius 2 is 1.92 bits per heavy atom. The Balaban J connectivity index is 1.20. The van der Waals surface area contributed by atoms with Crippen molar-refractivity contribution in [3.8, 4) is 11.3 Å². The first kappa shape index (κ1) is 25.7. The summed E-state index contributed by atoms with van der Waals surface area (Å²) >= 11 is 0. The van der Waals surface area contributed by atoms with E-state index in [0.717, 1.165) is 52.9 Å². The van der Waals surface area contributed by atoms with Crippen LogP contribution in [-0.2, 0) is 16.9 Å². The first-order chi connectivity index (χ1) is 18.7. The van der Waals surface area contributed by atoms with Gasteiger partial charge in [-0.25, -0.2) is 0 Å². The number of piperidine rings is 2. The number of aliphatic hydroxyl groups is 2. The molecule has 0 saturated carbocycles. The van der Waals surface area contributed by atoms with Crippen LogP contribution in [0.3, 0.4) is 0 Å². The van der Waals surface area contributed by atoms with Crippen molar-refractivity contribution in [2.45, 2.75) is 57.4 Å². The monoisotopic (exact) mass is 526 g/mol. The Hall–Kier alpha value is -3.59. The largest absolute Gasteiger partial charge is 0.385 e. The number of carbonyl (C=O) groups is 1. The molecule has 2 aliphatic heterocycles. The average molecular weight is 527 g/mol. The summed E-state index contributed by atoms with van der Waals surface area (Å²) in [6.45, 7) is 6.58. The molecule has 0 bridgehead atoms. The van der Waals surface area contributed by atoms with Crippen LogP contribution in [0.5, 0.6) is 0 Å². The summed E-state index contributed by atoms with van der Waals surface area (Å²) in [6, 6.07) is 18.2. The van der Waals surface area contributed by atoms with Gasteiger partial charge in [-0.1, -0.05) is 49.3 Å². The molecule has 3 atom stereocenters. The lowest BCUT2D eigenvalue weighted by molar-refractivity contribution is -0.128. The maximum Gasteiger partial charge on any atom is 0.229 e. The quantitative estimate of drug-likeness (QED) is 0.355. The number of hydrogen-bond acceptors (Lipinski definition) is 7. The van der Waals surface area contributed by atoms with Crippen molar-refractivity contribution in [1.29, 1.82) is 0 Å². The maximum atomic E-state index is 12.5. The Labute approximate surface area is 227 Å². The van der Waals surface area contributed by atoms with Crippen molar-refractivity contribution < 1.29 is 19.5 Å². The molecule has 2 unspecified atom stereocenters.